The van der Waals surface area contributed by atoms with E-state index in [4.69, 9.17) is 0 Å². The molecule has 1 fully saturated rings. The summed E-state index contributed by atoms with van der Waals surface area (Å²) in [6.45, 7) is 7.63. The van der Waals surface area contributed by atoms with Crippen LogP contribution in [0.3, 0.4) is 0 Å². The van der Waals surface area contributed by atoms with Gasteiger partial charge in [0.05, 0.1) is 0 Å². The third-order valence-corrected chi connectivity index (χ3v) is 2.03. The van der Waals surface area contributed by atoms with Crippen LogP contribution < -0.4 is 5.32 Å². The fourth-order valence-electron chi connectivity index (χ4n) is 1.40. The van der Waals surface area contributed by atoms with Crippen molar-refractivity contribution in [1.29, 1.82) is 0 Å². The number of nitrogens with zero attached hydrogens (tertiary/aromatic N) is 1. The molecule has 3 heteroatoms. The molecule has 0 radical (unpaired) electrons. The normalized spacial score (nSPS) is 19.5. The molecule has 0 saturated carbocycles. The van der Waals surface area contributed by atoms with E-state index >= 15 is 0 Å². The van der Waals surface area contributed by atoms with Crippen molar-refractivity contribution in [3.63, 3.8) is 0 Å². The van der Waals surface area contributed by atoms with E-state index in [1.165, 1.54) is 0 Å². The molecular formula is C9H16N2O. The van der Waals surface area contributed by atoms with Crippen molar-refractivity contribution in [2.24, 2.45) is 0 Å². The second-order valence-electron chi connectivity index (χ2n) is 3.13. The molecule has 0 amide bonds. The van der Waals surface area contributed by atoms with Gasteiger partial charge < -0.3 is 10.2 Å². The molecule has 3 nitrogen and oxygen atoms in total. The minimum absolute atomic E-state index is 0.131. The summed E-state index contributed by atoms with van der Waals surface area (Å²) in [5.74, 6) is 0.131. The molecule has 0 aromatic carbocycles. The van der Waals surface area contributed by atoms with Crippen LogP contribution in [0.2, 0.25) is 0 Å². The average Bonchev–Trinajstić information content (AvgIpc) is 2.05. The van der Waals surface area contributed by atoms with Crippen LogP contribution in [0.25, 0.3) is 0 Å². The maximum Gasteiger partial charge on any atom is 0.154 e. The first-order chi connectivity index (χ1) is 5.70. The maximum atomic E-state index is 10.8. The van der Waals surface area contributed by atoms with Gasteiger partial charge in [0.2, 0.25) is 0 Å². The molecule has 0 bridgehead atoms. The predicted octanol–water partition coefficient (Wildman–Crippen LogP) is 0.384. The Bertz CT molecular complexity index is 193. The number of ketones is 1. The van der Waals surface area contributed by atoms with E-state index in [0.29, 0.717) is 0 Å². The Labute approximate surface area is 73.4 Å². The lowest BCUT2D eigenvalue weighted by molar-refractivity contribution is -0.112. The molecular weight excluding hydrogens is 152 g/mol. The minimum atomic E-state index is 0.131. The van der Waals surface area contributed by atoms with Crippen LogP contribution in [0, 0.1) is 0 Å². The lowest BCUT2D eigenvalue weighted by atomic mass is 10.3. The number of carbonyl (C=O) groups is 1. The van der Waals surface area contributed by atoms with Crippen LogP contribution in [-0.2, 0) is 4.79 Å². The van der Waals surface area contributed by atoms with Gasteiger partial charge in [0.1, 0.15) is 0 Å². The molecule has 0 aliphatic carbocycles. The highest BCUT2D eigenvalue weighted by molar-refractivity contribution is 5.87. The summed E-state index contributed by atoms with van der Waals surface area (Å²) in [5.41, 5.74) is 1.09. The van der Waals surface area contributed by atoms with Gasteiger partial charge in [-0.1, -0.05) is 0 Å². The summed E-state index contributed by atoms with van der Waals surface area (Å²) in [4.78, 5) is 13.0. The molecule has 0 atom stereocenters. The highest BCUT2D eigenvalue weighted by atomic mass is 16.1. The Balaban J connectivity index is 2.49. The molecule has 1 aliphatic rings. The summed E-state index contributed by atoms with van der Waals surface area (Å²) >= 11 is 0. The molecule has 1 aliphatic heterocycles. The lowest BCUT2D eigenvalue weighted by Gasteiger charge is -2.29. The topological polar surface area (TPSA) is 32.3 Å². The number of allylic oxidation sites excluding steroid dienone is 2. The Morgan fingerprint density at radius 3 is 2.42 bits per heavy atom. The molecule has 1 rings (SSSR count). The first-order valence-electron chi connectivity index (χ1n) is 4.34. The zero-order chi connectivity index (χ0) is 8.97. The van der Waals surface area contributed by atoms with Gasteiger partial charge in [0, 0.05) is 31.9 Å². The van der Waals surface area contributed by atoms with E-state index in [-0.39, 0.29) is 5.78 Å². The van der Waals surface area contributed by atoms with Crippen LogP contribution in [0.4, 0.5) is 0 Å². The van der Waals surface area contributed by atoms with Gasteiger partial charge in [0.25, 0.3) is 0 Å². The zero-order valence-electron chi connectivity index (χ0n) is 7.76. The second-order valence-corrected chi connectivity index (χ2v) is 3.13. The monoisotopic (exact) mass is 168 g/mol. The first kappa shape index (κ1) is 9.26. The van der Waals surface area contributed by atoms with Gasteiger partial charge in [-0.3, -0.25) is 4.79 Å². The molecule has 1 saturated heterocycles. The predicted molar refractivity (Wildman–Crippen MR) is 48.9 cm³/mol. The Kier molecular flexibility index (Phi) is 3.29. The Hall–Kier alpha value is -0.830. The quantitative estimate of drug-likeness (QED) is 0.605. The van der Waals surface area contributed by atoms with Gasteiger partial charge in [-0.25, -0.2) is 0 Å². The van der Waals surface area contributed by atoms with Crippen LogP contribution >= 0.6 is 0 Å². The maximum absolute atomic E-state index is 10.8. The van der Waals surface area contributed by atoms with Crippen molar-refractivity contribution in [1.82, 2.24) is 10.2 Å². The largest absolute Gasteiger partial charge is 0.372 e. The van der Waals surface area contributed by atoms with E-state index in [9.17, 15) is 4.79 Å². The summed E-state index contributed by atoms with van der Waals surface area (Å²) in [7, 11) is 0. The number of piperazine rings is 1. The summed E-state index contributed by atoms with van der Waals surface area (Å²) < 4.78 is 0. The molecule has 0 aromatic heterocycles. The number of hydrogen-bond donors (Lipinski definition) is 1. The van der Waals surface area contributed by atoms with Crippen LogP contribution in [0.5, 0.6) is 0 Å². The first-order valence-corrected chi connectivity index (χ1v) is 4.34. The summed E-state index contributed by atoms with van der Waals surface area (Å²) in [6, 6.07) is 0. The van der Waals surface area contributed by atoms with Crippen molar-refractivity contribution in [3.8, 4) is 0 Å². The number of hydrogen-bond acceptors (Lipinski definition) is 3. The van der Waals surface area contributed by atoms with Gasteiger partial charge in [0.15, 0.2) is 5.78 Å². The highest BCUT2D eigenvalue weighted by Crippen LogP contribution is 2.03. The van der Waals surface area contributed by atoms with Crippen molar-refractivity contribution in [2.75, 3.05) is 26.2 Å². The van der Waals surface area contributed by atoms with Crippen molar-refractivity contribution in [2.45, 2.75) is 13.8 Å². The Morgan fingerprint density at radius 2 is 1.92 bits per heavy atom. The lowest BCUT2D eigenvalue weighted by Crippen LogP contribution is -2.42. The van der Waals surface area contributed by atoms with Crippen LogP contribution in [-0.4, -0.2) is 36.9 Å². The highest BCUT2D eigenvalue weighted by Gasteiger charge is 2.09. The van der Waals surface area contributed by atoms with Crippen molar-refractivity contribution >= 4 is 5.78 Å². The second kappa shape index (κ2) is 4.26. The van der Waals surface area contributed by atoms with Crippen molar-refractivity contribution in [3.05, 3.63) is 11.8 Å². The fourth-order valence-corrected chi connectivity index (χ4v) is 1.40. The zero-order valence-corrected chi connectivity index (χ0v) is 7.76. The van der Waals surface area contributed by atoms with E-state index < -0.39 is 0 Å². The smallest absolute Gasteiger partial charge is 0.154 e. The molecule has 68 valence electrons. The molecule has 0 aromatic rings. The fraction of sp³-hybridized carbons (Fsp3) is 0.667. The van der Waals surface area contributed by atoms with Gasteiger partial charge in [-0.2, -0.15) is 0 Å². The average molecular weight is 168 g/mol. The standard InChI is InChI=1S/C9H16N2O/c1-8(7-9(2)12)11-5-3-10-4-6-11/h7,10H,3-6H2,1-2H3. The van der Waals surface area contributed by atoms with Crippen LogP contribution in [0.1, 0.15) is 13.8 Å². The summed E-state index contributed by atoms with van der Waals surface area (Å²) in [5, 5.41) is 3.27. The SMILES string of the molecule is CC(=O)C=C(C)N1CCNCC1. The van der Waals surface area contributed by atoms with Gasteiger partial charge in [-0.05, 0) is 19.9 Å². The minimum Gasteiger partial charge on any atom is -0.372 e. The number of carbonyl (C=O) groups excluding carboxylic acids is 1. The molecule has 12 heavy (non-hydrogen) atoms. The van der Waals surface area contributed by atoms with E-state index in [0.717, 1.165) is 31.9 Å². The van der Waals surface area contributed by atoms with E-state index in [1.807, 2.05) is 6.92 Å². The number of nitrogens with one attached hydrogen (secondary N) is 1. The molecule has 1 N–H and O–H groups in total. The van der Waals surface area contributed by atoms with E-state index in [2.05, 4.69) is 10.2 Å². The Morgan fingerprint density at radius 1 is 1.33 bits per heavy atom. The van der Waals surface area contributed by atoms with E-state index in [1.54, 1.807) is 13.0 Å². The van der Waals surface area contributed by atoms with Crippen molar-refractivity contribution < 1.29 is 4.79 Å². The third kappa shape index (κ3) is 2.66. The third-order valence-electron chi connectivity index (χ3n) is 2.03. The van der Waals surface area contributed by atoms with Crippen LogP contribution in [0.15, 0.2) is 11.8 Å². The molecule has 0 spiro atoms. The van der Waals surface area contributed by atoms with Gasteiger partial charge in [-0.15, -0.1) is 0 Å². The van der Waals surface area contributed by atoms with Gasteiger partial charge >= 0.3 is 0 Å². The molecule has 0 unspecified atom stereocenters. The summed E-state index contributed by atoms with van der Waals surface area (Å²) in [6.07, 6.45) is 1.70. The number of rotatable bonds is 2. The molecule has 1 heterocycles.